The summed E-state index contributed by atoms with van der Waals surface area (Å²) >= 11 is 0. The lowest BCUT2D eigenvalue weighted by Crippen LogP contribution is -2.55. The Morgan fingerprint density at radius 2 is 1.35 bits per heavy atom. The monoisotopic (exact) mass is 484 g/mol. The van der Waals surface area contributed by atoms with Gasteiger partial charge in [0.25, 0.3) is 0 Å². The molecule has 5 atom stereocenters. The van der Waals surface area contributed by atoms with Crippen LogP contribution in [0.4, 0.5) is 0 Å². The minimum atomic E-state index is -0.908. The molecule has 0 aromatic rings. The molecule has 5 N–H and O–H groups in total. The molecule has 34 heavy (non-hydrogen) atoms. The van der Waals surface area contributed by atoms with Gasteiger partial charge in [0.15, 0.2) is 0 Å². The fourth-order valence-corrected chi connectivity index (χ4v) is 3.65. The smallest absolute Gasteiger partial charge is 0.243 e. The Hall–Kier alpha value is -2.16. The molecule has 9 heteroatoms. The van der Waals surface area contributed by atoms with Crippen LogP contribution in [0.1, 0.15) is 87.5 Å². The quantitative estimate of drug-likeness (QED) is 0.213. The van der Waals surface area contributed by atoms with E-state index in [0.29, 0.717) is 19.4 Å². The van der Waals surface area contributed by atoms with Crippen LogP contribution in [0.5, 0.6) is 0 Å². The summed E-state index contributed by atoms with van der Waals surface area (Å²) in [6.45, 7) is 15.2. The molecule has 0 aromatic carbocycles. The van der Waals surface area contributed by atoms with Crippen molar-refractivity contribution < 1.29 is 24.3 Å². The molecule has 198 valence electrons. The number of hydrogen-bond acceptors (Lipinski definition) is 5. The van der Waals surface area contributed by atoms with Crippen molar-refractivity contribution >= 4 is 23.6 Å². The molecule has 0 aliphatic carbocycles. The highest BCUT2D eigenvalue weighted by atomic mass is 16.3. The molecule has 0 heterocycles. The first-order chi connectivity index (χ1) is 15.8. The van der Waals surface area contributed by atoms with E-state index in [0.717, 1.165) is 12.8 Å². The lowest BCUT2D eigenvalue weighted by atomic mass is 9.92. The molecule has 0 aliphatic rings. The average Bonchev–Trinajstić information content (AvgIpc) is 2.71. The summed E-state index contributed by atoms with van der Waals surface area (Å²) in [5.41, 5.74) is 0. The number of aliphatic hydroxyl groups excluding tert-OH is 1. The van der Waals surface area contributed by atoms with Gasteiger partial charge in [-0.1, -0.05) is 48.0 Å². The van der Waals surface area contributed by atoms with Crippen LogP contribution >= 0.6 is 0 Å². The van der Waals surface area contributed by atoms with Crippen molar-refractivity contribution in [3.8, 4) is 0 Å². The minimum Gasteiger partial charge on any atom is -0.391 e. The third-order valence-electron chi connectivity index (χ3n) is 5.54. The molecular weight excluding hydrogens is 436 g/mol. The first-order valence-corrected chi connectivity index (χ1v) is 12.6. The molecule has 0 rings (SSSR count). The van der Waals surface area contributed by atoms with Crippen LogP contribution in [-0.4, -0.2) is 59.5 Å². The second-order valence-electron chi connectivity index (χ2n) is 10.2. The molecule has 0 unspecified atom stereocenters. The van der Waals surface area contributed by atoms with Gasteiger partial charge in [-0.15, -0.1) is 0 Å². The van der Waals surface area contributed by atoms with Crippen LogP contribution in [0.3, 0.4) is 0 Å². The van der Waals surface area contributed by atoms with Crippen molar-refractivity contribution in [2.45, 2.75) is 112 Å². The Balaban J connectivity index is 5.09. The van der Waals surface area contributed by atoms with Gasteiger partial charge in [-0.25, -0.2) is 0 Å². The maximum absolute atomic E-state index is 12.8. The van der Waals surface area contributed by atoms with Crippen molar-refractivity contribution in [2.24, 2.45) is 17.8 Å². The zero-order chi connectivity index (χ0) is 26.4. The minimum absolute atomic E-state index is 0.114. The molecule has 0 bridgehead atoms. The molecule has 4 amide bonds. The van der Waals surface area contributed by atoms with Crippen LogP contribution in [0.25, 0.3) is 0 Å². The summed E-state index contributed by atoms with van der Waals surface area (Å²) in [5, 5.41) is 21.8. The maximum Gasteiger partial charge on any atom is 0.243 e. The summed E-state index contributed by atoms with van der Waals surface area (Å²) < 4.78 is 0. The van der Waals surface area contributed by atoms with Crippen molar-refractivity contribution in [1.29, 1.82) is 0 Å². The van der Waals surface area contributed by atoms with Crippen LogP contribution in [-0.2, 0) is 19.2 Å². The second-order valence-corrected chi connectivity index (χ2v) is 10.2. The second kappa shape index (κ2) is 16.5. The van der Waals surface area contributed by atoms with Crippen molar-refractivity contribution in [3.63, 3.8) is 0 Å². The Labute approximate surface area is 205 Å². The fraction of sp³-hybridized carbons (Fsp3) is 0.840. The number of amides is 4. The zero-order valence-corrected chi connectivity index (χ0v) is 22.4. The lowest BCUT2D eigenvalue weighted by molar-refractivity contribution is -0.132. The first-order valence-electron chi connectivity index (χ1n) is 12.6. The van der Waals surface area contributed by atoms with E-state index in [2.05, 4.69) is 21.3 Å². The average molecular weight is 485 g/mol. The standard InChI is InChI=1S/C25H48N4O5/c1-9-10-11-26-23(32)17(6)14-22(31)20(12-15(2)3)29-24(33)18(7)27-25(34)21(13-16(4)5)28-19(8)30/h15-18,20-22,31H,9-14H2,1-8H3,(H,26,32)(H,27,34)(H,28,30)(H,29,33)/t17-,18+,20+,21+,22+/m1/s1. The van der Waals surface area contributed by atoms with E-state index in [9.17, 15) is 24.3 Å². The number of nitrogens with one attached hydrogen (secondary N) is 4. The molecule has 9 nitrogen and oxygen atoms in total. The lowest BCUT2D eigenvalue weighted by Gasteiger charge is -2.29. The highest BCUT2D eigenvalue weighted by molar-refractivity contribution is 5.91. The van der Waals surface area contributed by atoms with Gasteiger partial charge in [0.2, 0.25) is 23.6 Å². The largest absolute Gasteiger partial charge is 0.391 e. The Morgan fingerprint density at radius 1 is 0.765 bits per heavy atom. The van der Waals surface area contributed by atoms with Gasteiger partial charge in [0.1, 0.15) is 12.1 Å². The molecule has 0 saturated heterocycles. The first kappa shape index (κ1) is 31.8. The van der Waals surface area contributed by atoms with Gasteiger partial charge in [0, 0.05) is 19.4 Å². The molecular formula is C25H48N4O5. The molecule has 0 aromatic heterocycles. The van der Waals surface area contributed by atoms with E-state index < -0.39 is 42.0 Å². The summed E-state index contributed by atoms with van der Waals surface area (Å²) in [4.78, 5) is 49.2. The number of aliphatic hydroxyl groups is 1. The Morgan fingerprint density at radius 3 is 1.85 bits per heavy atom. The van der Waals surface area contributed by atoms with Crippen LogP contribution < -0.4 is 21.3 Å². The number of unbranched alkanes of at least 4 members (excludes halogenated alkanes) is 1. The van der Waals surface area contributed by atoms with Gasteiger partial charge in [-0.2, -0.15) is 0 Å². The van der Waals surface area contributed by atoms with Gasteiger partial charge in [-0.3, -0.25) is 19.2 Å². The zero-order valence-electron chi connectivity index (χ0n) is 22.4. The highest BCUT2D eigenvalue weighted by Crippen LogP contribution is 2.16. The highest BCUT2D eigenvalue weighted by Gasteiger charge is 2.29. The molecule has 0 saturated carbocycles. The Bertz CT molecular complexity index is 653. The van der Waals surface area contributed by atoms with E-state index in [1.807, 2.05) is 34.6 Å². The third kappa shape index (κ3) is 13.5. The van der Waals surface area contributed by atoms with Crippen LogP contribution in [0, 0.1) is 17.8 Å². The van der Waals surface area contributed by atoms with E-state index in [1.54, 1.807) is 13.8 Å². The topological polar surface area (TPSA) is 137 Å². The van der Waals surface area contributed by atoms with Crippen molar-refractivity contribution in [3.05, 3.63) is 0 Å². The number of hydrogen-bond donors (Lipinski definition) is 5. The SMILES string of the molecule is CCCCNC(=O)[C@H](C)C[C@H](O)[C@H](CC(C)C)NC(=O)[C@H](C)NC(=O)[C@H](CC(C)C)NC(C)=O. The maximum atomic E-state index is 12.8. The van der Waals surface area contributed by atoms with Crippen LogP contribution in [0.2, 0.25) is 0 Å². The van der Waals surface area contributed by atoms with E-state index in [1.165, 1.54) is 6.92 Å². The van der Waals surface area contributed by atoms with Gasteiger partial charge < -0.3 is 26.4 Å². The molecule has 0 aliphatic heterocycles. The van der Waals surface area contributed by atoms with Gasteiger partial charge >= 0.3 is 0 Å². The molecule has 0 fully saturated rings. The summed E-state index contributed by atoms with van der Waals surface area (Å²) in [7, 11) is 0. The molecule has 0 spiro atoms. The molecule has 0 radical (unpaired) electrons. The Kier molecular flexibility index (Phi) is 15.4. The number of carbonyl (C=O) groups excluding carboxylic acids is 4. The third-order valence-corrected chi connectivity index (χ3v) is 5.54. The van der Waals surface area contributed by atoms with Crippen molar-refractivity contribution in [2.75, 3.05) is 6.54 Å². The summed E-state index contributed by atoms with van der Waals surface area (Å²) in [6, 6.07) is -2.14. The number of rotatable bonds is 16. The van der Waals surface area contributed by atoms with Gasteiger partial charge in [0.05, 0.1) is 12.1 Å². The predicted octanol–water partition coefficient (Wildman–Crippen LogP) is 1.88. The van der Waals surface area contributed by atoms with Gasteiger partial charge in [-0.05, 0) is 44.4 Å². The summed E-state index contributed by atoms with van der Waals surface area (Å²) in [6.07, 6.45) is 2.17. The van der Waals surface area contributed by atoms with E-state index >= 15 is 0 Å². The van der Waals surface area contributed by atoms with E-state index in [4.69, 9.17) is 0 Å². The van der Waals surface area contributed by atoms with E-state index in [-0.39, 0.29) is 30.1 Å². The predicted molar refractivity (Wildman–Crippen MR) is 134 cm³/mol. The normalized spacial score (nSPS) is 15.7. The van der Waals surface area contributed by atoms with Crippen LogP contribution in [0.15, 0.2) is 0 Å². The fourth-order valence-electron chi connectivity index (χ4n) is 3.65. The number of carbonyl (C=O) groups is 4. The van der Waals surface area contributed by atoms with Crippen molar-refractivity contribution in [1.82, 2.24) is 21.3 Å². The summed E-state index contributed by atoms with van der Waals surface area (Å²) in [5.74, 6) is -1.30.